The van der Waals surface area contributed by atoms with Gasteiger partial charge in [-0.3, -0.25) is 9.20 Å². The highest BCUT2D eigenvalue weighted by molar-refractivity contribution is 5.95. The molecule has 180 valence electrons. The number of carboxylic acid groups (broad SMARTS) is 1. The second-order valence-electron chi connectivity index (χ2n) is 8.45. The summed E-state index contributed by atoms with van der Waals surface area (Å²) in [6.45, 7) is 3.80. The summed E-state index contributed by atoms with van der Waals surface area (Å²) in [4.78, 5) is 30.4. The lowest BCUT2D eigenvalue weighted by atomic mass is 10.0. The van der Waals surface area contributed by atoms with Crippen molar-refractivity contribution in [2.24, 2.45) is 0 Å². The Bertz CT molecular complexity index is 1220. The molecule has 3 heterocycles. The molecule has 4 rings (SSSR count). The standard InChI is InChI=1S/C24H26F2N4O4/c1-14-10-20(34-13-17-18(25)7-5-8-19(17)26)22-28-15(2)21(30(22)12-14)23(31)27-11-16-6-3-4-9-29(16)24(32)33/h5,7-8,10,12,16H,3-4,6,9,11,13H2,1-2H3,(H,27,31)(H,32,33)/t16-/m1/s1. The second-order valence-corrected chi connectivity index (χ2v) is 8.45. The molecule has 1 aliphatic rings. The molecule has 10 heteroatoms. The molecule has 0 saturated carbocycles. The second kappa shape index (κ2) is 9.66. The molecule has 1 aromatic carbocycles. The number of imidazole rings is 1. The summed E-state index contributed by atoms with van der Waals surface area (Å²) >= 11 is 0. The van der Waals surface area contributed by atoms with E-state index in [4.69, 9.17) is 4.74 Å². The number of rotatable bonds is 6. The van der Waals surface area contributed by atoms with E-state index in [1.165, 1.54) is 11.0 Å². The average Bonchev–Trinajstić information content (AvgIpc) is 3.12. The van der Waals surface area contributed by atoms with E-state index in [1.807, 2.05) is 0 Å². The largest absolute Gasteiger partial charge is 0.485 e. The van der Waals surface area contributed by atoms with Gasteiger partial charge in [0.1, 0.15) is 23.9 Å². The first-order chi connectivity index (χ1) is 16.3. The SMILES string of the molecule is Cc1cc(OCc2c(F)cccc2F)c2nc(C)c(C(=O)NC[C@H]3CCCCN3C(=O)O)n2c1. The molecule has 1 atom stereocenters. The molecule has 0 bridgehead atoms. The quantitative estimate of drug-likeness (QED) is 0.564. The van der Waals surface area contributed by atoms with Gasteiger partial charge in [-0.1, -0.05) is 6.07 Å². The van der Waals surface area contributed by atoms with E-state index in [2.05, 4.69) is 10.3 Å². The first kappa shape index (κ1) is 23.5. The van der Waals surface area contributed by atoms with Crippen molar-refractivity contribution in [3.05, 3.63) is 64.6 Å². The van der Waals surface area contributed by atoms with Crippen LogP contribution in [0, 0.1) is 25.5 Å². The van der Waals surface area contributed by atoms with Crippen molar-refractivity contribution in [1.29, 1.82) is 0 Å². The Morgan fingerprint density at radius 2 is 1.97 bits per heavy atom. The molecular weight excluding hydrogens is 446 g/mol. The number of amides is 2. The van der Waals surface area contributed by atoms with Crippen LogP contribution < -0.4 is 10.1 Å². The van der Waals surface area contributed by atoms with Crippen LogP contribution in [0.3, 0.4) is 0 Å². The zero-order chi connectivity index (χ0) is 24.4. The van der Waals surface area contributed by atoms with Gasteiger partial charge >= 0.3 is 6.09 Å². The van der Waals surface area contributed by atoms with E-state index >= 15 is 0 Å². The third kappa shape index (κ3) is 4.66. The number of hydrogen-bond acceptors (Lipinski definition) is 4. The molecule has 2 N–H and O–H groups in total. The molecule has 1 saturated heterocycles. The molecule has 1 aliphatic heterocycles. The van der Waals surface area contributed by atoms with Gasteiger partial charge in [-0.05, 0) is 56.9 Å². The summed E-state index contributed by atoms with van der Waals surface area (Å²) < 4.78 is 35.3. The Morgan fingerprint density at radius 3 is 2.68 bits per heavy atom. The lowest BCUT2D eigenvalue weighted by Crippen LogP contribution is -2.49. The highest BCUT2D eigenvalue weighted by Crippen LogP contribution is 2.26. The van der Waals surface area contributed by atoms with E-state index in [0.717, 1.165) is 30.5 Å². The van der Waals surface area contributed by atoms with Crippen LogP contribution in [0.1, 0.15) is 46.6 Å². The average molecular weight is 472 g/mol. The van der Waals surface area contributed by atoms with Gasteiger partial charge < -0.3 is 20.1 Å². The van der Waals surface area contributed by atoms with Crippen molar-refractivity contribution in [2.45, 2.75) is 45.8 Å². The summed E-state index contributed by atoms with van der Waals surface area (Å²) in [7, 11) is 0. The Balaban J connectivity index is 1.57. The fraction of sp³-hybridized carbons (Fsp3) is 0.375. The molecule has 2 amide bonds. The smallest absolute Gasteiger partial charge is 0.407 e. The first-order valence-corrected chi connectivity index (χ1v) is 11.1. The minimum Gasteiger partial charge on any atom is -0.485 e. The minimum absolute atomic E-state index is 0.194. The highest BCUT2D eigenvalue weighted by atomic mass is 19.1. The number of likely N-dealkylation sites (tertiary alicyclic amines) is 1. The van der Waals surface area contributed by atoms with Crippen molar-refractivity contribution >= 4 is 17.6 Å². The van der Waals surface area contributed by atoms with Crippen molar-refractivity contribution < 1.29 is 28.2 Å². The third-order valence-corrected chi connectivity index (χ3v) is 6.02. The number of carbonyl (C=O) groups excluding carboxylic acids is 1. The van der Waals surface area contributed by atoms with Crippen LogP contribution in [0.15, 0.2) is 30.5 Å². The van der Waals surface area contributed by atoms with Crippen molar-refractivity contribution in [1.82, 2.24) is 19.6 Å². The van der Waals surface area contributed by atoms with Gasteiger partial charge in [0.05, 0.1) is 17.3 Å². The van der Waals surface area contributed by atoms with E-state index < -0.39 is 23.6 Å². The Labute approximate surface area is 195 Å². The molecule has 3 aromatic rings. The lowest BCUT2D eigenvalue weighted by molar-refractivity contribution is 0.0877. The van der Waals surface area contributed by atoms with E-state index in [-0.39, 0.29) is 30.5 Å². The topological polar surface area (TPSA) is 96.2 Å². The number of nitrogens with one attached hydrogen (secondary N) is 1. The van der Waals surface area contributed by atoms with Crippen LogP contribution in [0.25, 0.3) is 5.65 Å². The van der Waals surface area contributed by atoms with Gasteiger partial charge in [-0.15, -0.1) is 0 Å². The number of hydrogen-bond donors (Lipinski definition) is 2. The molecule has 0 radical (unpaired) electrons. The van der Waals surface area contributed by atoms with Crippen LogP contribution >= 0.6 is 0 Å². The van der Waals surface area contributed by atoms with Gasteiger partial charge in [0.15, 0.2) is 11.4 Å². The van der Waals surface area contributed by atoms with Crippen LogP contribution in [-0.2, 0) is 6.61 Å². The van der Waals surface area contributed by atoms with E-state index in [9.17, 15) is 23.5 Å². The predicted octanol–water partition coefficient (Wildman–Crippen LogP) is 4.07. The maximum Gasteiger partial charge on any atom is 0.407 e. The molecule has 8 nitrogen and oxygen atoms in total. The van der Waals surface area contributed by atoms with Crippen molar-refractivity contribution in [2.75, 3.05) is 13.1 Å². The van der Waals surface area contributed by atoms with Crippen LogP contribution in [0.4, 0.5) is 13.6 Å². The number of ether oxygens (including phenoxy) is 1. The third-order valence-electron chi connectivity index (χ3n) is 6.02. The summed E-state index contributed by atoms with van der Waals surface area (Å²) in [5.74, 6) is -1.52. The molecule has 0 aliphatic carbocycles. The maximum absolute atomic E-state index is 14.0. The molecule has 34 heavy (non-hydrogen) atoms. The van der Waals surface area contributed by atoms with Crippen LogP contribution in [0.5, 0.6) is 5.75 Å². The van der Waals surface area contributed by atoms with Gasteiger partial charge in [0.25, 0.3) is 5.91 Å². The van der Waals surface area contributed by atoms with Gasteiger partial charge in [0.2, 0.25) is 0 Å². The maximum atomic E-state index is 14.0. The van der Waals surface area contributed by atoms with E-state index in [0.29, 0.717) is 30.0 Å². The number of aryl methyl sites for hydroxylation is 2. The highest BCUT2D eigenvalue weighted by Gasteiger charge is 2.28. The first-order valence-electron chi connectivity index (χ1n) is 11.1. The van der Waals surface area contributed by atoms with E-state index in [1.54, 1.807) is 30.5 Å². The van der Waals surface area contributed by atoms with Gasteiger partial charge in [0, 0.05) is 19.3 Å². The number of nitrogens with zero attached hydrogens (tertiary/aromatic N) is 3. The molecule has 0 spiro atoms. The van der Waals surface area contributed by atoms with Crippen LogP contribution in [-0.4, -0.2) is 50.5 Å². The number of pyridine rings is 1. The Kier molecular flexibility index (Phi) is 6.67. The molecule has 0 unspecified atom stereocenters. The predicted molar refractivity (Wildman–Crippen MR) is 120 cm³/mol. The number of fused-ring (bicyclic) bond motifs is 1. The van der Waals surface area contributed by atoms with Crippen LogP contribution in [0.2, 0.25) is 0 Å². The van der Waals surface area contributed by atoms with Crippen molar-refractivity contribution in [3.63, 3.8) is 0 Å². The summed E-state index contributed by atoms with van der Waals surface area (Å²) in [6, 6.07) is 5.01. The Morgan fingerprint density at radius 1 is 1.24 bits per heavy atom. The number of benzene rings is 1. The lowest BCUT2D eigenvalue weighted by Gasteiger charge is -2.33. The minimum atomic E-state index is -0.992. The van der Waals surface area contributed by atoms with Gasteiger partial charge in [-0.2, -0.15) is 0 Å². The normalized spacial score (nSPS) is 16.0. The summed E-state index contributed by atoms with van der Waals surface area (Å²) in [5, 5.41) is 12.2. The number of carbonyl (C=O) groups is 2. The fourth-order valence-electron chi connectivity index (χ4n) is 4.32. The summed E-state index contributed by atoms with van der Waals surface area (Å²) in [6.07, 6.45) is 3.13. The van der Waals surface area contributed by atoms with Gasteiger partial charge in [-0.25, -0.2) is 18.6 Å². The zero-order valence-corrected chi connectivity index (χ0v) is 19.0. The zero-order valence-electron chi connectivity index (χ0n) is 19.0. The van der Waals surface area contributed by atoms with Crippen molar-refractivity contribution in [3.8, 4) is 5.75 Å². The number of piperidine rings is 1. The number of aromatic nitrogens is 2. The fourth-order valence-corrected chi connectivity index (χ4v) is 4.32. The Hall–Kier alpha value is -3.69. The monoisotopic (exact) mass is 472 g/mol. The molecule has 1 fully saturated rings. The molecule has 2 aromatic heterocycles. The summed E-state index contributed by atoms with van der Waals surface area (Å²) in [5.41, 5.74) is 1.64. The number of halogens is 2. The molecular formula is C24H26F2N4O4.